The standard InChI is InChI=1S/C17H15F11O5/c1-11(2)5-3-12(8(11)7(6(5)29)33-10(12)31)9(30)32-4-13(18,19)14(20,21)15(22,23)16(24,25)17(26,27)28/h5-8,29H,3-4H2,1-2H3. The quantitative estimate of drug-likeness (QED) is 0.338. The number of carbonyl (C=O) groups excluding carboxylic acids is 2. The Bertz CT molecular complexity index is 868. The van der Waals surface area contributed by atoms with Gasteiger partial charge in [0.15, 0.2) is 12.0 Å². The van der Waals surface area contributed by atoms with Gasteiger partial charge in [-0.1, -0.05) is 13.8 Å². The van der Waals surface area contributed by atoms with Gasteiger partial charge in [0.05, 0.1) is 6.10 Å². The molecular formula is C17H15F11O5. The van der Waals surface area contributed by atoms with Crippen LogP contribution in [0.4, 0.5) is 48.3 Å². The maximum Gasteiger partial charge on any atom is 0.460 e. The third-order valence-corrected chi connectivity index (χ3v) is 6.87. The van der Waals surface area contributed by atoms with Crippen LogP contribution in [0.3, 0.4) is 0 Å². The predicted octanol–water partition coefficient (Wildman–Crippen LogP) is 3.58. The second-order valence-electron chi connectivity index (χ2n) is 8.94. The summed E-state index contributed by atoms with van der Waals surface area (Å²) in [5.41, 5.74) is -3.40. The van der Waals surface area contributed by atoms with Crippen LogP contribution in [0.15, 0.2) is 0 Å². The average molecular weight is 508 g/mol. The number of fused-ring (bicyclic) bond motifs is 1. The van der Waals surface area contributed by atoms with Crippen molar-refractivity contribution in [1.29, 1.82) is 0 Å². The lowest BCUT2D eigenvalue weighted by atomic mass is 9.71. The van der Waals surface area contributed by atoms with Crippen LogP contribution in [0.1, 0.15) is 20.3 Å². The summed E-state index contributed by atoms with van der Waals surface area (Å²) in [5.74, 6) is -34.3. The first-order chi connectivity index (χ1) is 14.5. The number of hydrogen-bond acceptors (Lipinski definition) is 5. The van der Waals surface area contributed by atoms with Crippen molar-refractivity contribution < 1.29 is 72.5 Å². The minimum Gasteiger partial charge on any atom is -0.458 e. The highest BCUT2D eigenvalue weighted by Crippen LogP contribution is 2.70. The van der Waals surface area contributed by atoms with Crippen LogP contribution in [0.5, 0.6) is 0 Å². The summed E-state index contributed by atoms with van der Waals surface area (Å²) in [7, 11) is 0. The first kappa shape index (κ1) is 25.7. The summed E-state index contributed by atoms with van der Waals surface area (Å²) in [6, 6.07) is 0. The van der Waals surface area contributed by atoms with E-state index in [1.165, 1.54) is 13.8 Å². The van der Waals surface area contributed by atoms with Crippen molar-refractivity contribution in [2.45, 2.75) is 62.3 Å². The second-order valence-corrected chi connectivity index (χ2v) is 8.94. The number of rotatable bonds is 6. The third kappa shape index (κ3) is 2.87. The lowest BCUT2D eigenvalue weighted by Gasteiger charge is -2.37. The molecule has 0 aromatic heterocycles. The van der Waals surface area contributed by atoms with E-state index >= 15 is 0 Å². The lowest BCUT2D eigenvalue weighted by Crippen LogP contribution is -2.67. The van der Waals surface area contributed by atoms with E-state index in [1.807, 2.05) is 0 Å². The molecule has 33 heavy (non-hydrogen) atoms. The highest BCUT2D eigenvalue weighted by molar-refractivity contribution is 6.03. The molecule has 1 heterocycles. The first-order valence-corrected chi connectivity index (χ1v) is 9.16. The smallest absolute Gasteiger partial charge is 0.458 e. The molecule has 0 aromatic rings. The maximum atomic E-state index is 13.8. The number of ether oxygens (including phenoxy) is 2. The van der Waals surface area contributed by atoms with Crippen molar-refractivity contribution in [3.05, 3.63) is 0 Å². The summed E-state index contributed by atoms with van der Waals surface area (Å²) < 4.78 is 153. The summed E-state index contributed by atoms with van der Waals surface area (Å²) in [6.45, 7) is -0.0848. The van der Waals surface area contributed by atoms with E-state index in [0.717, 1.165) is 0 Å². The van der Waals surface area contributed by atoms with Gasteiger partial charge in [0.2, 0.25) is 0 Å². The second kappa shape index (κ2) is 6.62. The lowest BCUT2D eigenvalue weighted by molar-refractivity contribution is -0.424. The fourth-order valence-electron chi connectivity index (χ4n) is 5.14. The molecule has 2 bridgehead atoms. The number of aliphatic hydroxyl groups excluding tert-OH is 1. The number of aliphatic hydroxyl groups is 1. The summed E-state index contributed by atoms with van der Waals surface area (Å²) in [6.07, 6.45) is -10.4. The molecule has 3 aliphatic rings. The summed E-state index contributed by atoms with van der Waals surface area (Å²) >= 11 is 0. The molecule has 2 aliphatic carbocycles. The van der Waals surface area contributed by atoms with E-state index < -0.39 is 89.7 Å². The number of carbonyl (C=O) groups is 2. The SMILES string of the molecule is CC1(C)C2CC3(C(=O)OCC(F)(F)C(F)(F)C(F)(F)C(F)(F)C(F)(F)F)C(=O)OC(C2O)C31. The van der Waals surface area contributed by atoms with Crippen LogP contribution in [-0.2, 0) is 19.1 Å². The summed E-state index contributed by atoms with van der Waals surface area (Å²) in [5, 5.41) is 10.2. The molecule has 3 fully saturated rings. The van der Waals surface area contributed by atoms with Gasteiger partial charge in [-0.15, -0.1) is 0 Å². The van der Waals surface area contributed by atoms with Crippen molar-refractivity contribution in [2.24, 2.45) is 22.7 Å². The monoisotopic (exact) mass is 508 g/mol. The Kier molecular flexibility index (Phi) is 5.17. The van der Waals surface area contributed by atoms with Crippen LogP contribution in [0.2, 0.25) is 0 Å². The van der Waals surface area contributed by atoms with Crippen LogP contribution in [0, 0.1) is 22.7 Å². The molecule has 0 spiro atoms. The molecule has 0 radical (unpaired) electrons. The van der Waals surface area contributed by atoms with E-state index in [4.69, 9.17) is 4.74 Å². The first-order valence-electron chi connectivity index (χ1n) is 9.16. The van der Waals surface area contributed by atoms with Gasteiger partial charge < -0.3 is 14.6 Å². The molecule has 2 saturated carbocycles. The van der Waals surface area contributed by atoms with Crippen molar-refractivity contribution in [1.82, 2.24) is 0 Å². The average Bonchev–Trinajstić information content (AvgIpc) is 3.12. The van der Waals surface area contributed by atoms with Gasteiger partial charge >= 0.3 is 41.8 Å². The van der Waals surface area contributed by atoms with Gasteiger partial charge in [-0.25, -0.2) is 0 Å². The largest absolute Gasteiger partial charge is 0.460 e. The van der Waals surface area contributed by atoms with Crippen LogP contribution < -0.4 is 0 Å². The Balaban J connectivity index is 1.85. The maximum absolute atomic E-state index is 13.8. The molecule has 0 amide bonds. The van der Waals surface area contributed by atoms with Gasteiger partial charge in [0, 0.05) is 5.92 Å². The van der Waals surface area contributed by atoms with Crippen LogP contribution in [-0.4, -0.2) is 65.7 Å². The van der Waals surface area contributed by atoms with E-state index in [1.54, 1.807) is 0 Å². The Morgan fingerprint density at radius 3 is 1.97 bits per heavy atom. The molecular weight excluding hydrogens is 493 g/mol. The fourth-order valence-corrected chi connectivity index (χ4v) is 5.14. The molecule has 5 atom stereocenters. The molecule has 5 nitrogen and oxygen atoms in total. The zero-order valence-corrected chi connectivity index (χ0v) is 16.5. The molecule has 5 unspecified atom stereocenters. The van der Waals surface area contributed by atoms with Gasteiger partial charge in [-0.2, -0.15) is 48.3 Å². The van der Waals surface area contributed by atoms with Gasteiger partial charge in [-0.05, 0) is 17.8 Å². The molecule has 16 heteroatoms. The molecule has 1 N–H and O–H groups in total. The van der Waals surface area contributed by atoms with E-state index in [2.05, 4.69) is 4.74 Å². The summed E-state index contributed by atoms with van der Waals surface area (Å²) in [4.78, 5) is 24.8. The topological polar surface area (TPSA) is 72.8 Å². The predicted molar refractivity (Wildman–Crippen MR) is 80.5 cm³/mol. The Hall–Kier alpha value is -1.87. The van der Waals surface area contributed by atoms with Crippen molar-refractivity contribution >= 4 is 11.9 Å². The van der Waals surface area contributed by atoms with E-state index in [9.17, 15) is 63.0 Å². The minimum atomic E-state index is -7.64. The Labute approximate surface area is 177 Å². The molecule has 0 aromatic carbocycles. The molecule has 3 rings (SSSR count). The van der Waals surface area contributed by atoms with Crippen molar-refractivity contribution in [3.63, 3.8) is 0 Å². The third-order valence-electron chi connectivity index (χ3n) is 6.87. The number of hydrogen-bond donors (Lipinski definition) is 1. The van der Waals surface area contributed by atoms with Gasteiger partial charge in [0.25, 0.3) is 0 Å². The van der Waals surface area contributed by atoms with Crippen LogP contribution in [0.25, 0.3) is 0 Å². The highest BCUT2D eigenvalue weighted by Gasteiger charge is 2.87. The van der Waals surface area contributed by atoms with Gasteiger partial charge in [-0.3, -0.25) is 9.59 Å². The normalized spacial score (nSPS) is 33.9. The zero-order valence-electron chi connectivity index (χ0n) is 16.5. The number of halogens is 11. The highest BCUT2D eigenvalue weighted by atomic mass is 19.4. The minimum absolute atomic E-state index is 0.537. The van der Waals surface area contributed by atoms with Crippen molar-refractivity contribution in [3.8, 4) is 0 Å². The van der Waals surface area contributed by atoms with Crippen molar-refractivity contribution in [2.75, 3.05) is 6.61 Å². The molecule has 190 valence electrons. The van der Waals surface area contributed by atoms with Crippen LogP contribution >= 0.6 is 0 Å². The Morgan fingerprint density at radius 2 is 1.52 bits per heavy atom. The van der Waals surface area contributed by atoms with Gasteiger partial charge in [0.1, 0.15) is 6.10 Å². The van der Waals surface area contributed by atoms with E-state index in [0.29, 0.717) is 0 Å². The number of alkyl halides is 11. The fraction of sp³-hybridized carbons (Fsp3) is 0.882. The Morgan fingerprint density at radius 1 is 1.00 bits per heavy atom. The zero-order chi connectivity index (χ0) is 25.8. The number of esters is 2. The molecule has 1 saturated heterocycles. The molecule has 1 aliphatic heterocycles. The van der Waals surface area contributed by atoms with E-state index in [-0.39, 0.29) is 0 Å².